The van der Waals surface area contributed by atoms with E-state index in [1.165, 1.54) is 56.3 Å². The molecule has 0 atom stereocenters. The van der Waals surface area contributed by atoms with Gasteiger partial charge in [0, 0.05) is 13.0 Å². The summed E-state index contributed by atoms with van der Waals surface area (Å²) in [6.45, 7) is 1.57. The lowest BCUT2D eigenvalue weighted by molar-refractivity contribution is 0.102. The standard InChI is InChI=1S/C14H22N2OS/c1-10(17)14-12(15)9-13(18-14)16-11-7-5-3-2-4-6-8-11/h9,11,16H,2-8,15H2,1H3. The van der Waals surface area contributed by atoms with Gasteiger partial charge in [0.2, 0.25) is 0 Å². The fourth-order valence-electron chi connectivity index (χ4n) is 2.55. The van der Waals surface area contributed by atoms with Crippen LogP contribution in [-0.2, 0) is 0 Å². The molecule has 1 saturated carbocycles. The number of carbonyl (C=O) groups excluding carboxylic acids is 1. The lowest BCUT2D eigenvalue weighted by Crippen LogP contribution is -2.19. The number of nitrogens with two attached hydrogens (primary N) is 1. The number of hydrogen-bond acceptors (Lipinski definition) is 4. The molecule has 0 saturated heterocycles. The van der Waals surface area contributed by atoms with E-state index in [1.807, 2.05) is 6.07 Å². The molecule has 3 N–H and O–H groups in total. The first kappa shape index (κ1) is 13.4. The number of ketones is 1. The zero-order valence-corrected chi connectivity index (χ0v) is 11.8. The molecule has 1 heterocycles. The van der Waals surface area contributed by atoms with Crippen LogP contribution < -0.4 is 11.1 Å². The second-order valence-corrected chi connectivity index (χ2v) is 6.19. The van der Waals surface area contributed by atoms with Crippen LogP contribution in [-0.4, -0.2) is 11.8 Å². The molecule has 0 radical (unpaired) electrons. The van der Waals surface area contributed by atoms with Gasteiger partial charge in [-0.1, -0.05) is 32.1 Å². The number of nitrogen functional groups attached to an aromatic ring is 1. The summed E-state index contributed by atoms with van der Waals surface area (Å²) in [6.07, 6.45) is 9.15. The van der Waals surface area contributed by atoms with E-state index in [-0.39, 0.29) is 5.78 Å². The van der Waals surface area contributed by atoms with Crippen molar-refractivity contribution in [2.75, 3.05) is 11.1 Å². The number of thiophene rings is 1. The van der Waals surface area contributed by atoms with E-state index < -0.39 is 0 Å². The molecule has 0 unspecified atom stereocenters. The van der Waals surface area contributed by atoms with Gasteiger partial charge in [0.05, 0.1) is 15.6 Å². The Bertz CT molecular complexity index is 406. The molecule has 1 aromatic rings. The summed E-state index contributed by atoms with van der Waals surface area (Å²) in [5.41, 5.74) is 6.46. The third-order valence-electron chi connectivity index (χ3n) is 3.53. The van der Waals surface area contributed by atoms with E-state index in [9.17, 15) is 4.79 Å². The molecule has 3 nitrogen and oxygen atoms in total. The highest BCUT2D eigenvalue weighted by atomic mass is 32.1. The van der Waals surface area contributed by atoms with Crippen LogP contribution in [0.3, 0.4) is 0 Å². The summed E-state index contributed by atoms with van der Waals surface area (Å²) >= 11 is 1.49. The number of rotatable bonds is 3. The smallest absolute Gasteiger partial charge is 0.171 e. The van der Waals surface area contributed by atoms with Gasteiger partial charge in [-0.3, -0.25) is 4.79 Å². The molecule has 1 aliphatic rings. The molecule has 4 heteroatoms. The van der Waals surface area contributed by atoms with Crippen LogP contribution in [0.15, 0.2) is 6.07 Å². The minimum absolute atomic E-state index is 0.0585. The fourth-order valence-corrected chi connectivity index (χ4v) is 3.50. The molecule has 1 fully saturated rings. The van der Waals surface area contributed by atoms with E-state index in [1.54, 1.807) is 6.92 Å². The topological polar surface area (TPSA) is 55.1 Å². The quantitative estimate of drug-likeness (QED) is 0.811. The highest BCUT2D eigenvalue weighted by Gasteiger charge is 2.15. The molecule has 100 valence electrons. The van der Waals surface area contributed by atoms with Crippen LogP contribution in [0.25, 0.3) is 0 Å². The van der Waals surface area contributed by atoms with E-state index in [0.29, 0.717) is 16.6 Å². The highest BCUT2D eigenvalue weighted by Crippen LogP contribution is 2.31. The van der Waals surface area contributed by atoms with Gasteiger partial charge in [-0.2, -0.15) is 0 Å². The summed E-state index contributed by atoms with van der Waals surface area (Å²) in [5.74, 6) is 0.0585. The maximum absolute atomic E-state index is 11.4. The summed E-state index contributed by atoms with van der Waals surface area (Å²) < 4.78 is 0. The maximum Gasteiger partial charge on any atom is 0.171 e. The molecule has 1 aromatic heterocycles. The van der Waals surface area contributed by atoms with Gasteiger partial charge in [-0.15, -0.1) is 11.3 Å². The first-order chi connectivity index (χ1) is 8.66. The van der Waals surface area contributed by atoms with Gasteiger partial charge in [0.1, 0.15) is 0 Å². The number of Topliss-reactive ketones (excluding diaryl/α,β-unsaturated/α-hetero) is 1. The van der Waals surface area contributed by atoms with E-state index in [2.05, 4.69) is 5.32 Å². The van der Waals surface area contributed by atoms with Crippen LogP contribution in [0, 0.1) is 0 Å². The first-order valence-corrected chi connectivity index (χ1v) is 7.65. The van der Waals surface area contributed by atoms with Gasteiger partial charge in [-0.05, 0) is 18.9 Å². The monoisotopic (exact) mass is 266 g/mol. The third-order valence-corrected chi connectivity index (χ3v) is 4.72. The van der Waals surface area contributed by atoms with Crippen molar-refractivity contribution in [3.05, 3.63) is 10.9 Å². The maximum atomic E-state index is 11.4. The van der Waals surface area contributed by atoms with Gasteiger partial charge in [0.15, 0.2) is 5.78 Å². The van der Waals surface area contributed by atoms with Crippen molar-refractivity contribution in [2.45, 2.75) is 57.9 Å². The molecular formula is C14H22N2OS. The highest BCUT2D eigenvalue weighted by molar-refractivity contribution is 7.18. The molecule has 18 heavy (non-hydrogen) atoms. The fraction of sp³-hybridized carbons (Fsp3) is 0.643. The van der Waals surface area contributed by atoms with Gasteiger partial charge < -0.3 is 11.1 Å². The van der Waals surface area contributed by atoms with Crippen LogP contribution in [0.2, 0.25) is 0 Å². The molecule has 2 rings (SSSR count). The summed E-state index contributed by atoms with van der Waals surface area (Å²) in [6, 6.07) is 2.45. The predicted octanol–water partition coefficient (Wildman–Crippen LogP) is 4.06. The van der Waals surface area contributed by atoms with Crippen molar-refractivity contribution in [3.8, 4) is 0 Å². The minimum atomic E-state index is 0.0585. The largest absolute Gasteiger partial charge is 0.397 e. The van der Waals surface area contributed by atoms with Crippen molar-refractivity contribution in [2.24, 2.45) is 0 Å². The summed E-state index contributed by atoms with van der Waals surface area (Å²) in [4.78, 5) is 12.1. The number of anilines is 2. The van der Waals surface area contributed by atoms with Gasteiger partial charge in [0.25, 0.3) is 0 Å². The normalized spacial score (nSPS) is 18.1. The Labute approximate surface area is 113 Å². The minimum Gasteiger partial charge on any atom is -0.397 e. The molecule has 0 aromatic carbocycles. The zero-order chi connectivity index (χ0) is 13.0. The Hall–Kier alpha value is -1.03. The van der Waals surface area contributed by atoms with Crippen LogP contribution >= 0.6 is 11.3 Å². The number of carbonyl (C=O) groups is 1. The lowest BCUT2D eigenvalue weighted by Gasteiger charge is -2.21. The summed E-state index contributed by atoms with van der Waals surface area (Å²) in [5, 5.41) is 4.60. The Morgan fingerprint density at radius 2 is 1.89 bits per heavy atom. The average molecular weight is 266 g/mol. The van der Waals surface area contributed by atoms with Crippen molar-refractivity contribution in [3.63, 3.8) is 0 Å². The zero-order valence-electron chi connectivity index (χ0n) is 11.0. The third kappa shape index (κ3) is 3.48. The van der Waals surface area contributed by atoms with E-state index in [0.717, 1.165) is 5.00 Å². The Morgan fingerprint density at radius 1 is 1.28 bits per heavy atom. The molecular weight excluding hydrogens is 244 g/mol. The SMILES string of the molecule is CC(=O)c1sc(NC2CCCCCCC2)cc1N. The Balaban J connectivity index is 1.99. The van der Waals surface area contributed by atoms with Crippen molar-refractivity contribution < 1.29 is 4.79 Å². The molecule has 0 spiro atoms. The molecule has 0 aliphatic heterocycles. The average Bonchev–Trinajstić information content (AvgIpc) is 2.63. The van der Waals surface area contributed by atoms with Crippen LogP contribution in [0.4, 0.5) is 10.7 Å². The molecule has 0 bridgehead atoms. The van der Waals surface area contributed by atoms with Gasteiger partial charge in [-0.25, -0.2) is 0 Å². The van der Waals surface area contributed by atoms with Crippen molar-refractivity contribution in [1.82, 2.24) is 0 Å². The second-order valence-electron chi connectivity index (χ2n) is 5.14. The first-order valence-electron chi connectivity index (χ1n) is 6.83. The lowest BCUT2D eigenvalue weighted by atomic mass is 9.97. The van der Waals surface area contributed by atoms with Crippen molar-refractivity contribution >= 4 is 27.8 Å². The number of nitrogens with one attached hydrogen (secondary N) is 1. The second kappa shape index (κ2) is 6.23. The number of hydrogen-bond donors (Lipinski definition) is 2. The Kier molecular flexibility index (Phi) is 4.64. The van der Waals surface area contributed by atoms with Crippen molar-refractivity contribution in [1.29, 1.82) is 0 Å². The van der Waals surface area contributed by atoms with Gasteiger partial charge >= 0.3 is 0 Å². The van der Waals surface area contributed by atoms with Crippen LogP contribution in [0.1, 0.15) is 61.5 Å². The Morgan fingerprint density at radius 3 is 2.44 bits per heavy atom. The van der Waals surface area contributed by atoms with E-state index in [4.69, 9.17) is 5.73 Å². The van der Waals surface area contributed by atoms with E-state index >= 15 is 0 Å². The predicted molar refractivity (Wildman–Crippen MR) is 78.5 cm³/mol. The molecule has 0 amide bonds. The van der Waals surface area contributed by atoms with Crippen LogP contribution in [0.5, 0.6) is 0 Å². The molecule has 1 aliphatic carbocycles. The summed E-state index contributed by atoms with van der Waals surface area (Å²) in [7, 11) is 0.